The van der Waals surface area contributed by atoms with Gasteiger partial charge >= 0.3 is 12.2 Å². The zero-order valence-electron chi connectivity index (χ0n) is 15.3. The number of rotatable bonds is 5. The van der Waals surface area contributed by atoms with Gasteiger partial charge in [-0.3, -0.25) is 5.01 Å². The van der Waals surface area contributed by atoms with Crippen molar-refractivity contribution in [3.63, 3.8) is 0 Å². The van der Waals surface area contributed by atoms with Crippen LogP contribution in [0.4, 0.5) is 18.0 Å². The molecule has 1 fully saturated rings. The van der Waals surface area contributed by atoms with Gasteiger partial charge in [0.15, 0.2) is 0 Å². The van der Waals surface area contributed by atoms with Gasteiger partial charge in [0, 0.05) is 18.4 Å². The van der Waals surface area contributed by atoms with Crippen molar-refractivity contribution in [3.05, 3.63) is 48.0 Å². The standard InChI is InChI=1S/C18H22F3N5O/c1-11(2)16-8-22-17(27)26(16)24-12(3)15-9-25(10-23-15)14-6-4-13(5-7-14)18(19,20)21/h4-7,9-12,16,24H,8H2,1-3H3,(H,22,27)/t12-,16?/m0/s1. The van der Waals surface area contributed by atoms with Gasteiger partial charge in [0.25, 0.3) is 0 Å². The summed E-state index contributed by atoms with van der Waals surface area (Å²) in [5.74, 6) is 0.286. The lowest BCUT2D eigenvalue weighted by Crippen LogP contribution is -2.48. The second kappa shape index (κ2) is 7.22. The SMILES string of the molecule is CC(C)C1CNC(=O)N1N[C@@H](C)c1cn(-c2ccc(C(F)(F)F)cc2)cn1. The molecule has 146 valence electrons. The Hall–Kier alpha value is -2.55. The fourth-order valence-corrected chi connectivity index (χ4v) is 3.01. The van der Waals surface area contributed by atoms with Crippen molar-refractivity contribution in [1.82, 2.24) is 25.3 Å². The Bertz CT molecular complexity index is 800. The lowest BCUT2D eigenvalue weighted by atomic mass is 10.1. The Morgan fingerprint density at radius 3 is 2.48 bits per heavy atom. The fourth-order valence-electron chi connectivity index (χ4n) is 3.01. The maximum Gasteiger partial charge on any atom is 0.416 e. The molecular weight excluding hydrogens is 359 g/mol. The van der Waals surface area contributed by atoms with Gasteiger partial charge in [-0.05, 0) is 37.1 Å². The predicted molar refractivity (Wildman–Crippen MR) is 94.0 cm³/mol. The van der Waals surface area contributed by atoms with Crippen LogP contribution in [0.1, 0.15) is 38.1 Å². The van der Waals surface area contributed by atoms with E-state index < -0.39 is 11.7 Å². The van der Waals surface area contributed by atoms with E-state index in [9.17, 15) is 18.0 Å². The van der Waals surface area contributed by atoms with Crippen LogP contribution in [-0.4, -0.2) is 33.2 Å². The third kappa shape index (κ3) is 4.08. The van der Waals surface area contributed by atoms with E-state index in [1.54, 1.807) is 22.1 Å². The molecule has 2 amide bonds. The van der Waals surface area contributed by atoms with Crippen LogP contribution in [0, 0.1) is 5.92 Å². The highest BCUT2D eigenvalue weighted by Crippen LogP contribution is 2.29. The number of carbonyl (C=O) groups excluding carboxylic acids is 1. The third-order valence-electron chi connectivity index (χ3n) is 4.65. The van der Waals surface area contributed by atoms with Crippen LogP contribution in [0.5, 0.6) is 0 Å². The molecule has 1 aromatic carbocycles. The lowest BCUT2D eigenvalue weighted by Gasteiger charge is -2.29. The number of carbonyl (C=O) groups is 1. The van der Waals surface area contributed by atoms with Crippen LogP contribution in [0.3, 0.4) is 0 Å². The number of nitrogens with one attached hydrogen (secondary N) is 2. The van der Waals surface area contributed by atoms with Crippen LogP contribution < -0.4 is 10.7 Å². The number of hydrogen-bond acceptors (Lipinski definition) is 3. The molecule has 6 nitrogen and oxygen atoms in total. The van der Waals surface area contributed by atoms with Crippen LogP contribution in [0.2, 0.25) is 0 Å². The van der Waals surface area contributed by atoms with Crippen molar-refractivity contribution in [2.24, 2.45) is 5.92 Å². The van der Waals surface area contributed by atoms with Crippen LogP contribution in [0.25, 0.3) is 5.69 Å². The summed E-state index contributed by atoms with van der Waals surface area (Å²) in [5.41, 5.74) is 3.73. The molecule has 0 bridgehead atoms. The van der Waals surface area contributed by atoms with Crippen molar-refractivity contribution >= 4 is 6.03 Å². The zero-order chi connectivity index (χ0) is 19.8. The average Bonchev–Trinajstić information content (AvgIpc) is 3.22. The van der Waals surface area contributed by atoms with E-state index in [1.807, 2.05) is 20.8 Å². The molecular formula is C18H22F3N5O. The number of imidazole rings is 1. The summed E-state index contributed by atoms with van der Waals surface area (Å²) in [6.45, 7) is 6.55. The molecule has 0 saturated carbocycles. The van der Waals surface area contributed by atoms with Gasteiger partial charge in [-0.1, -0.05) is 13.8 Å². The summed E-state index contributed by atoms with van der Waals surface area (Å²) in [5, 5.41) is 4.40. The largest absolute Gasteiger partial charge is 0.416 e. The first kappa shape index (κ1) is 19.2. The van der Waals surface area contributed by atoms with Crippen LogP contribution in [0.15, 0.2) is 36.8 Å². The van der Waals surface area contributed by atoms with Gasteiger partial charge < -0.3 is 9.88 Å². The topological polar surface area (TPSA) is 62.2 Å². The number of aromatic nitrogens is 2. The molecule has 2 aromatic rings. The lowest BCUT2D eigenvalue weighted by molar-refractivity contribution is -0.137. The number of benzene rings is 1. The van der Waals surface area contributed by atoms with Crippen molar-refractivity contribution in [2.75, 3.05) is 6.54 Å². The molecule has 0 radical (unpaired) electrons. The number of halogens is 3. The Morgan fingerprint density at radius 1 is 1.22 bits per heavy atom. The van der Waals surface area contributed by atoms with Gasteiger partial charge in [0.05, 0.1) is 29.7 Å². The van der Waals surface area contributed by atoms with Gasteiger partial charge in [-0.25, -0.2) is 15.2 Å². The summed E-state index contributed by atoms with van der Waals surface area (Å²) in [7, 11) is 0. The molecule has 1 unspecified atom stereocenters. The Balaban J connectivity index is 1.72. The van der Waals surface area contributed by atoms with Crippen molar-refractivity contribution < 1.29 is 18.0 Å². The van der Waals surface area contributed by atoms with E-state index in [0.717, 1.165) is 12.1 Å². The van der Waals surface area contributed by atoms with E-state index >= 15 is 0 Å². The number of hydrogen-bond donors (Lipinski definition) is 2. The van der Waals surface area contributed by atoms with E-state index in [-0.39, 0.29) is 24.0 Å². The number of alkyl halides is 3. The first-order valence-electron chi connectivity index (χ1n) is 8.71. The highest BCUT2D eigenvalue weighted by molar-refractivity contribution is 5.76. The Kier molecular flexibility index (Phi) is 5.14. The van der Waals surface area contributed by atoms with Crippen molar-refractivity contribution in [3.8, 4) is 5.69 Å². The summed E-state index contributed by atoms with van der Waals surface area (Å²) in [4.78, 5) is 16.4. The van der Waals surface area contributed by atoms with Gasteiger partial charge in [-0.15, -0.1) is 0 Å². The highest BCUT2D eigenvalue weighted by Gasteiger charge is 2.34. The average molecular weight is 381 g/mol. The molecule has 3 rings (SSSR count). The number of nitrogens with zero attached hydrogens (tertiary/aromatic N) is 3. The van der Waals surface area contributed by atoms with E-state index in [4.69, 9.17) is 0 Å². The number of amides is 2. The molecule has 0 aliphatic carbocycles. The minimum Gasteiger partial charge on any atom is -0.335 e. The summed E-state index contributed by atoms with van der Waals surface area (Å²) < 4.78 is 39.7. The maximum absolute atomic E-state index is 12.7. The molecule has 9 heteroatoms. The summed E-state index contributed by atoms with van der Waals surface area (Å²) >= 11 is 0. The van der Waals surface area contributed by atoms with Crippen molar-refractivity contribution in [2.45, 2.75) is 39.0 Å². The molecule has 1 saturated heterocycles. The van der Waals surface area contributed by atoms with E-state index in [0.29, 0.717) is 17.9 Å². The Morgan fingerprint density at radius 2 is 1.89 bits per heavy atom. The highest BCUT2D eigenvalue weighted by atomic mass is 19.4. The third-order valence-corrected chi connectivity index (χ3v) is 4.65. The van der Waals surface area contributed by atoms with Crippen LogP contribution >= 0.6 is 0 Å². The van der Waals surface area contributed by atoms with Gasteiger partial charge in [-0.2, -0.15) is 13.2 Å². The first-order valence-corrected chi connectivity index (χ1v) is 8.71. The minimum absolute atomic E-state index is 0.0388. The van der Waals surface area contributed by atoms with Gasteiger partial charge in [0.2, 0.25) is 0 Å². The first-order chi connectivity index (χ1) is 12.7. The zero-order valence-corrected chi connectivity index (χ0v) is 15.3. The molecule has 2 heterocycles. The fraction of sp³-hybridized carbons (Fsp3) is 0.444. The summed E-state index contributed by atoms with van der Waals surface area (Å²) in [6.07, 6.45) is -1.08. The molecule has 1 aliphatic heterocycles. The molecule has 2 N–H and O–H groups in total. The van der Waals surface area contributed by atoms with Crippen molar-refractivity contribution in [1.29, 1.82) is 0 Å². The normalized spacial score (nSPS) is 18.9. The summed E-state index contributed by atoms with van der Waals surface area (Å²) in [6, 6.07) is 4.49. The van der Waals surface area contributed by atoms with Gasteiger partial charge in [0.1, 0.15) is 0 Å². The van der Waals surface area contributed by atoms with Crippen LogP contribution in [-0.2, 0) is 6.18 Å². The number of hydrazine groups is 1. The quantitative estimate of drug-likeness (QED) is 0.833. The van der Waals surface area contributed by atoms with E-state index in [2.05, 4.69) is 15.7 Å². The molecule has 2 atom stereocenters. The maximum atomic E-state index is 12.7. The second-order valence-corrected chi connectivity index (χ2v) is 6.97. The predicted octanol–water partition coefficient (Wildman–Crippen LogP) is 3.51. The molecule has 27 heavy (non-hydrogen) atoms. The minimum atomic E-state index is -4.36. The molecule has 0 spiro atoms. The second-order valence-electron chi connectivity index (χ2n) is 6.97. The Labute approximate surface area is 155 Å². The monoisotopic (exact) mass is 381 g/mol. The number of urea groups is 1. The smallest absolute Gasteiger partial charge is 0.335 e. The molecule has 1 aromatic heterocycles. The molecule has 1 aliphatic rings. The van der Waals surface area contributed by atoms with E-state index in [1.165, 1.54) is 12.1 Å².